The number of benzene rings is 1. The third-order valence-corrected chi connectivity index (χ3v) is 5.64. The zero-order valence-corrected chi connectivity index (χ0v) is 15.8. The van der Waals surface area contributed by atoms with Gasteiger partial charge in [-0.05, 0) is 81.9 Å². The first-order valence-electron chi connectivity index (χ1n) is 6.43. The van der Waals surface area contributed by atoms with Gasteiger partial charge in [-0.2, -0.15) is 0 Å². The zero-order chi connectivity index (χ0) is 13.8. The van der Waals surface area contributed by atoms with Crippen LogP contribution >= 0.6 is 54.5 Å². The predicted octanol–water partition coefficient (Wildman–Crippen LogP) is 4.74. The molecule has 1 amide bonds. The van der Waals surface area contributed by atoms with Crippen molar-refractivity contribution in [3.8, 4) is 0 Å². The summed E-state index contributed by atoms with van der Waals surface area (Å²) < 4.78 is 1.93. The Labute approximate surface area is 144 Å². The van der Waals surface area contributed by atoms with Gasteiger partial charge in [0.2, 0.25) is 0 Å². The smallest absolute Gasteiger partial charge is 0.252 e. The second-order valence-electron chi connectivity index (χ2n) is 4.96. The first kappa shape index (κ1) is 15.8. The topological polar surface area (TPSA) is 29.1 Å². The third-order valence-electron chi connectivity index (χ3n) is 3.44. The van der Waals surface area contributed by atoms with Gasteiger partial charge in [-0.15, -0.1) is 0 Å². The van der Waals surface area contributed by atoms with Crippen LogP contribution in [0.3, 0.4) is 0 Å². The SMILES string of the molecule is O=C(NCC1CCCC(Br)C1)c1cc(I)ccc1Br. The molecule has 104 valence electrons. The molecule has 0 spiro atoms. The molecule has 0 bridgehead atoms. The van der Waals surface area contributed by atoms with Gasteiger partial charge in [-0.1, -0.05) is 22.4 Å². The van der Waals surface area contributed by atoms with Crippen molar-refractivity contribution in [2.45, 2.75) is 30.5 Å². The number of amides is 1. The van der Waals surface area contributed by atoms with Crippen LogP contribution in [0.15, 0.2) is 22.7 Å². The highest BCUT2D eigenvalue weighted by Crippen LogP contribution is 2.28. The van der Waals surface area contributed by atoms with Crippen LogP contribution in [0.2, 0.25) is 0 Å². The summed E-state index contributed by atoms with van der Waals surface area (Å²) in [7, 11) is 0. The first-order valence-corrected chi connectivity index (χ1v) is 9.22. The molecule has 0 saturated heterocycles. The highest BCUT2D eigenvalue weighted by Gasteiger charge is 2.21. The largest absolute Gasteiger partial charge is 0.352 e. The lowest BCUT2D eigenvalue weighted by atomic mass is 9.89. The predicted molar refractivity (Wildman–Crippen MR) is 93.9 cm³/mol. The summed E-state index contributed by atoms with van der Waals surface area (Å²) in [5, 5.41) is 3.06. The Balaban J connectivity index is 1.92. The van der Waals surface area contributed by atoms with E-state index >= 15 is 0 Å². The summed E-state index contributed by atoms with van der Waals surface area (Å²) in [6, 6.07) is 5.82. The molecular weight excluding hydrogens is 485 g/mol. The molecular formula is C14H16Br2INO. The van der Waals surface area contributed by atoms with Gasteiger partial charge in [0.05, 0.1) is 5.56 Å². The number of carbonyl (C=O) groups excluding carboxylic acids is 1. The van der Waals surface area contributed by atoms with E-state index < -0.39 is 0 Å². The minimum absolute atomic E-state index is 0.0158. The average molecular weight is 501 g/mol. The molecule has 1 fully saturated rings. The van der Waals surface area contributed by atoms with Gasteiger partial charge in [-0.3, -0.25) is 4.79 Å². The fourth-order valence-corrected chi connectivity index (χ4v) is 4.18. The zero-order valence-electron chi connectivity index (χ0n) is 10.5. The number of alkyl halides is 1. The second-order valence-corrected chi connectivity index (χ2v) is 8.36. The fraction of sp³-hybridized carbons (Fsp3) is 0.500. The van der Waals surface area contributed by atoms with Crippen LogP contribution < -0.4 is 5.32 Å². The van der Waals surface area contributed by atoms with Crippen LogP contribution in [0.25, 0.3) is 0 Å². The molecule has 2 unspecified atom stereocenters. The molecule has 2 nitrogen and oxygen atoms in total. The monoisotopic (exact) mass is 499 g/mol. The molecule has 1 saturated carbocycles. The van der Waals surface area contributed by atoms with E-state index in [0.717, 1.165) is 26.6 Å². The van der Waals surface area contributed by atoms with Crippen LogP contribution in [0, 0.1) is 9.49 Å². The minimum atomic E-state index is 0.0158. The van der Waals surface area contributed by atoms with Gasteiger partial charge in [0.25, 0.3) is 5.91 Å². The van der Waals surface area contributed by atoms with E-state index in [1.165, 1.54) is 19.3 Å². The van der Waals surface area contributed by atoms with Crippen molar-refractivity contribution in [1.29, 1.82) is 0 Å². The number of hydrogen-bond acceptors (Lipinski definition) is 1. The minimum Gasteiger partial charge on any atom is -0.352 e. The first-order chi connectivity index (χ1) is 9.06. The lowest BCUT2D eigenvalue weighted by Gasteiger charge is -2.25. The summed E-state index contributed by atoms with van der Waals surface area (Å²) in [5.74, 6) is 0.616. The van der Waals surface area contributed by atoms with Crippen LogP contribution in [0.4, 0.5) is 0 Å². The van der Waals surface area contributed by atoms with Gasteiger partial charge in [0.1, 0.15) is 0 Å². The van der Waals surface area contributed by atoms with E-state index in [9.17, 15) is 4.79 Å². The van der Waals surface area contributed by atoms with E-state index in [1.54, 1.807) is 0 Å². The normalized spacial score (nSPS) is 23.1. The Bertz CT molecular complexity index is 467. The molecule has 1 aromatic rings. The van der Waals surface area contributed by atoms with Crippen molar-refractivity contribution in [3.63, 3.8) is 0 Å². The van der Waals surface area contributed by atoms with E-state index in [1.807, 2.05) is 18.2 Å². The number of halogens is 3. The van der Waals surface area contributed by atoms with Crippen molar-refractivity contribution >= 4 is 60.4 Å². The van der Waals surface area contributed by atoms with Crippen molar-refractivity contribution in [3.05, 3.63) is 31.8 Å². The standard InChI is InChI=1S/C14H16Br2INO/c15-10-3-1-2-9(6-10)8-18-14(19)12-7-11(17)4-5-13(12)16/h4-5,7,9-10H,1-3,6,8H2,(H,18,19). The molecule has 0 aromatic heterocycles. The van der Waals surface area contributed by atoms with Gasteiger partial charge in [0, 0.05) is 19.4 Å². The molecule has 5 heteroatoms. The Kier molecular flexibility index (Phi) is 6.14. The molecule has 1 aromatic carbocycles. The number of rotatable bonds is 3. The van der Waals surface area contributed by atoms with Crippen molar-refractivity contribution in [1.82, 2.24) is 5.32 Å². The molecule has 0 heterocycles. The Hall–Kier alpha value is 0.380. The van der Waals surface area contributed by atoms with Crippen LogP contribution in [-0.2, 0) is 0 Å². The number of hydrogen-bond donors (Lipinski definition) is 1. The molecule has 2 atom stereocenters. The number of carbonyl (C=O) groups is 1. The maximum Gasteiger partial charge on any atom is 0.252 e. The molecule has 2 rings (SSSR count). The van der Waals surface area contributed by atoms with Crippen molar-refractivity contribution in [2.24, 2.45) is 5.92 Å². The Morgan fingerprint density at radius 3 is 2.95 bits per heavy atom. The summed E-state index contributed by atoms with van der Waals surface area (Å²) in [5.41, 5.74) is 0.720. The van der Waals surface area contributed by atoms with Crippen LogP contribution in [0.5, 0.6) is 0 Å². The average Bonchev–Trinajstić information content (AvgIpc) is 2.39. The summed E-state index contributed by atoms with van der Waals surface area (Å²) in [6.07, 6.45) is 4.89. The van der Waals surface area contributed by atoms with Crippen LogP contribution in [0.1, 0.15) is 36.0 Å². The highest BCUT2D eigenvalue weighted by molar-refractivity contribution is 14.1. The van der Waals surface area contributed by atoms with E-state index in [0.29, 0.717) is 10.7 Å². The van der Waals surface area contributed by atoms with Crippen molar-refractivity contribution in [2.75, 3.05) is 6.54 Å². The van der Waals surface area contributed by atoms with Crippen molar-refractivity contribution < 1.29 is 4.79 Å². The Morgan fingerprint density at radius 1 is 1.42 bits per heavy atom. The molecule has 1 aliphatic rings. The Morgan fingerprint density at radius 2 is 2.21 bits per heavy atom. The van der Waals surface area contributed by atoms with Gasteiger partial charge < -0.3 is 5.32 Å². The highest BCUT2D eigenvalue weighted by atomic mass is 127. The van der Waals surface area contributed by atoms with E-state index in [2.05, 4.69) is 59.8 Å². The fourth-order valence-electron chi connectivity index (χ4n) is 2.41. The lowest BCUT2D eigenvalue weighted by Crippen LogP contribution is -2.32. The quantitative estimate of drug-likeness (QED) is 0.471. The molecule has 0 aliphatic heterocycles. The van der Waals surface area contributed by atoms with E-state index in [-0.39, 0.29) is 5.91 Å². The third kappa shape index (κ3) is 4.70. The number of nitrogens with one attached hydrogen (secondary N) is 1. The maximum absolute atomic E-state index is 12.2. The van der Waals surface area contributed by atoms with Gasteiger partial charge in [0.15, 0.2) is 0 Å². The second kappa shape index (κ2) is 7.41. The van der Waals surface area contributed by atoms with E-state index in [4.69, 9.17) is 0 Å². The lowest BCUT2D eigenvalue weighted by molar-refractivity contribution is 0.0943. The molecule has 1 N–H and O–H groups in total. The molecule has 0 radical (unpaired) electrons. The molecule has 19 heavy (non-hydrogen) atoms. The van der Waals surface area contributed by atoms with Gasteiger partial charge in [-0.25, -0.2) is 0 Å². The van der Waals surface area contributed by atoms with Gasteiger partial charge >= 0.3 is 0 Å². The molecule has 1 aliphatic carbocycles. The maximum atomic E-state index is 12.2. The van der Waals surface area contributed by atoms with Crippen LogP contribution in [-0.4, -0.2) is 17.3 Å². The summed E-state index contributed by atoms with van der Waals surface area (Å²) >= 11 is 9.34. The summed E-state index contributed by atoms with van der Waals surface area (Å²) in [6.45, 7) is 0.777. The summed E-state index contributed by atoms with van der Waals surface area (Å²) in [4.78, 5) is 12.8.